The molecule has 6 nitrogen and oxygen atoms in total. The van der Waals surface area contributed by atoms with Crippen LogP contribution in [-0.2, 0) is 9.59 Å². The highest BCUT2D eigenvalue weighted by molar-refractivity contribution is 5.93. The topological polar surface area (TPSA) is 67.2 Å². The van der Waals surface area contributed by atoms with Crippen molar-refractivity contribution in [2.75, 3.05) is 18.4 Å². The molecule has 0 unspecified atom stereocenters. The molecule has 0 spiro atoms. The Kier molecular flexibility index (Phi) is 5.12. The van der Waals surface area contributed by atoms with Crippen LogP contribution in [0, 0.1) is 11.3 Å². The van der Waals surface area contributed by atoms with Crippen molar-refractivity contribution in [1.82, 2.24) is 14.7 Å². The van der Waals surface area contributed by atoms with Crippen molar-refractivity contribution in [3.8, 4) is 0 Å². The van der Waals surface area contributed by atoms with Crippen LogP contribution in [-0.4, -0.2) is 39.6 Å². The summed E-state index contributed by atoms with van der Waals surface area (Å²) in [5.74, 6) is -0.0696. The van der Waals surface area contributed by atoms with Crippen molar-refractivity contribution in [3.63, 3.8) is 0 Å². The van der Waals surface area contributed by atoms with E-state index >= 15 is 0 Å². The molecular formula is C17H28N4O2. The number of nitrogens with one attached hydrogen (secondary N) is 1. The second kappa shape index (κ2) is 6.72. The Morgan fingerprint density at radius 1 is 1.35 bits per heavy atom. The molecule has 23 heavy (non-hydrogen) atoms. The van der Waals surface area contributed by atoms with Crippen LogP contribution in [0.1, 0.15) is 53.5 Å². The summed E-state index contributed by atoms with van der Waals surface area (Å²) in [7, 11) is 0. The smallest absolute Gasteiger partial charge is 0.229 e. The van der Waals surface area contributed by atoms with Crippen molar-refractivity contribution in [2.45, 2.75) is 53.5 Å². The lowest BCUT2D eigenvalue weighted by Gasteiger charge is -2.35. The van der Waals surface area contributed by atoms with Crippen molar-refractivity contribution < 1.29 is 9.59 Å². The normalized spacial score (nSPS) is 19.0. The van der Waals surface area contributed by atoms with Crippen LogP contribution in [0.25, 0.3) is 0 Å². The summed E-state index contributed by atoms with van der Waals surface area (Å²) in [5.41, 5.74) is 0.305. The zero-order chi connectivity index (χ0) is 17.2. The third-order valence-electron chi connectivity index (χ3n) is 4.12. The van der Waals surface area contributed by atoms with Crippen molar-refractivity contribution in [2.24, 2.45) is 11.3 Å². The average molecular weight is 320 g/mol. The van der Waals surface area contributed by atoms with E-state index in [0.717, 1.165) is 19.4 Å². The summed E-state index contributed by atoms with van der Waals surface area (Å²) in [6.45, 7) is 11.1. The molecule has 0 saturated carbocycles. The van der Waals surface area contributed by atoms with Gasteiger partial charge in [0.1, 0.15) is 0 Å². The predicted molar refractivity (Wildman–Crippen MR) is 90.0 cm³/mol. The van der Waals surface area contributed by atoms with Crippen LogP contribution in [0.15, 0.2) is 12.4 Å². The number of hydrogen-bond donors (Lipinski definition) is 1. The summed E-state index contributed by atoms with van der Waals surface area (Å²) in [6, 6.07) is 0.259. The molecule has 6 heteroatoms. The first-order chi connectivity index (χ1) is 10.7. The van der Waals surface area contributed by atoms with Crippen LogP contribution in [0.5, 0.6) is 0 Å². The molecule has 0 bridgehead atoms. The third-order valence-corrected chi connectivity index (χ3v) is 4.12. The first-order valence-corrected chi connectivity index (χ1v) is 8.33. The highest BCUT2D eigenvalue weighted by Gasteiger charge is 2.33. The quantitative estimate of drug-likeness (QED) is 0.931. The Hall–Kier alpha value is -1.85. The van der Waals surface area contributed by atoms with E-state index in [1.807, 2.05) is 50.4 Å². The Morgan fingerprint density at radius 3 is 2.61 bits per heavy atom. The number of hydrogen-bond acceptors (Lipinski definition) is 3. The van der Waals surface area contributed by atoms with Crippen LogP contribution in [0.4, 0.5) is 5.69 Å². The predicted octanol–water partition coefficient (Wildman–Crippen LogP) is 2.69. The maximum atomic E-state index is 12.5. The van der Waals surface area contributed by atoms with Gasteiger partial charge >= 0.3 is 0 Å². The zero-order valence-electron chi connectivity index (χ0n) is 14.8. The second-order valence-electron chi connectivity index (χ2n) is 7.63. The lowest BCUT2D eigenvalue weighted by molar-refractivity contribution is -0.142. The molecule has 128 valence electrons. The Morgan fingerprint density at radius 2 is 2.04 bits per heavy atom. The van der Waals surface area contributed by atoms with Gasteiger partial charge in [-0.1, -0.05) is 20.8 Å². The molecule has 1 N–H and O–H groups in total. The highest BCUT2D eigenvalue weighted by atomic mass is 16.2. The van der Waals surface area contributed by atoms with Gasteiger partial charge in [0.25, 0.3) is 0 Å². The van der Waals surface area contributed by atoms with E-state index in [1.54, 1.807) is 6.20 Å². The number of aromatic nitrogens is 2. The molecule has 1 aromatic heterocycles. The SMILES string of the molecule is CC(C)n1cc(NC(=O)[C@@H]2CCCN(C(=O)C(C)(C)C)C2)cn1. The molecule has 2 rings (SSSR count). The molecule has 0 aromatic carbocycles. The fraction of sp³-hybridized carbons (Fsp3) is 0.706. The maximum Gasteiger partial charge on any atom is 0.229 e. The molecule has 2 heterocycles. The summed E-state index contributed by atoms with van der Waals surface area (Å²) in [5, 5.41) is 7.15. The van der Waals surface area contributed by atoms with Gasteiger partial charge in [0, 0.05) is 30.7 Å². The lowest BCUT2D eigenvalue weighted by atomic mass is 9.91. The summed E-state index contributed by atoms with van der Waals surface area (Å²) in [6.07, 6.45) is 5.19. The zero-order valence-corrected chi connectivity index (χ0v) is 14.8. The van der Waals surface area contributed by atoms with Crippen molar-refractivity contribution in [1.29, 1.82) is 0 Å². The van der Waals surface area contributed by atoms with Crippen LogP contribution in [0.3, 0.4) is 0 Å². The van der Waals surface area contributed by atoms with Crippen LogP contribution in [0.2, 0.25) is 0 Å². The van der Waals surface area contributed by atoms with Gasteiger partial charge in [-0.25, -0.2) is 0 Å². The van der Waals surface area contributed by atoms with Crippen molar-refractivity contribution in [3.05, 3.63) is 12.4 Å². The minimum Gasteiger partial charge on any atom is -0.341 e. The second-order valence-corrected chi connectivity index (χ2v) is 7.63. The van der Waals surface area contributed by atoms with E-state index < -0.39 is 5.41 Å². The van der Waals surface area contributed by atoms with Gasteiger partial charge in [0.15, 0.2) is 0 Å². The Labute approximate surface area is 138 Å². The van der Waals surface area contributed by atoms with E-state index in [-0.39, 0.29) is 23.8 Å². The molecule has 0 aliphatic carbocycles. The van der Waals surface area contributed by atoms with E-state index in [0.29, 0.717) is 12.2 Å². The van der Waals surface area contributed by atoms with Gasteiger partial charge in [-0.2, -0.15) is 5.10 Å². The average Bonchev–Trinajstić information content (AvgIpc) is 2.94. The Bertz CT molecular complexity index is 571. The van der Waals surface area contributed by atoms with E-state index in [4.69, 9.17) is 0 Å². The molecule has 1 saturated heterocycles. The largest absolute Gasteiger partial charge is 0.341 e. The minimum atomic E-state index is -0.406. The van der Waals surface area contributed by atoms with Crippen LogP contribution < -0.4 is 5.32 Å². The number of anilines is 1. The number of piperidine rings is 1. The number of rotatable bonds is 3. The molecule has 2 amide bonds. The fourth-order valence-electron chi connectivity index (χ4n) is 2.78. The van der Waals surface area contributed by atoms with E-state index in [9.17, 15) is 9.59 Å². The molecule has 0 radical (unpaired) electrons. The van der Waals surface area contributed by atoms with Crippen LogP contribution >= 0.6 is 0 Å². The highest BCUT2D eigenvalue weighted by Crippen LogP contribution is 2.24. The van der Waals surface area contributed by atoms with Gasteiger partial charge < -0.3 is 10.2 Å². The standard InChI is InChI=1S/C17H28N4O2/c1-12(2)21-11-14(9-18-21)19-15(22)13-7-6-8-20(10-13)16(23)17(3,4)5/h9,11-13H,6-8,10H2,1-5H3,(H,19,22)/t13-/m1/s1. The summed E-state index contributed by atoms with van der Waals surface area (Å²) in [4.78, 5) is 26.7. The number of nitrogens with zero attached hydrogens (tertiary/aromatic N) is 3. The molecular weight excluding hydrogens is 292 g/mol. The summed E-state index contributed by atoms with van der Waals surface area (Å²) >= 11 is 0. The van der Waals surface area contributed by atoms with E-state index in [1.165, 1.54) is 0 Å². The molecule has 1 aliphatic heterocycles. The number of amides is 2. The number of carbonyl (C=O) groups is 2. The maximum absolute atomic E-state index is 12.5. The lowest BCUT2D eigenvalue weighted by Crippen LogP contribution is -2.47. The van der Waals surface area contributed by atoms with Gasteiger partial charge in [-0.15, -0.1) is 0 Å². The van der Waals surface area contributed by atoms with E-state index in [2.05, 4.69) is 10.4 Å². The van der Waals surface area contributed by atoms with Gasteiger partial charge in [-0.3, -0.25) is 14.3 Å². The first-order valence-electron chi connectivity index (χ1n) is 8.33. The Balaban J connectivity index is 1.97. The molecule has 1 aliphatic rings. The minimum absolute atomic E-state index is 0.0280. The fourth-order valence-corrected chi connectivity index (χ4v) is 2.78. The number of likely N-dealkylation sites (tertiary alicyclic amines) is 1. The third kappa shape index (κ3) is 4.33. The monoisotopic (exact) mass is 320 g/mol. The summed E-state index contributed by atoms with van der Waals surface area (Å²) < 4.78 is 1.81. The molecule has 1 fully saturated rings. The molecule has 1 aromatic rings. The number of carbonyl (C=O) groups excluding carboxylic acids is 2. The first kappa shape index (κ1) is 17.5. The molecule has 1 atom stereocenters. The van der Waals surface area contributed by atoms with Crippen molar-refractivity contribution >= 4 is 17.5 Å². The van der Waals surface area contributed by atoms with Gasteiger partial charge in [-0.05, 0) is 26.7 Å². The van der Waals surface area contributed by atoms with Gasteiger partial charge in [0.2, 0.25) is 11.8 Å². The van der Waals surface area contributed by atoms with Gasteiger partial charge in [0.05, 0.1) is 17.8 Å².